The van der Waals surface area contributed by atoms with Crippen LogP contribution in [-0.2, 0) is 9.47 Å². The molecule has 0 fully saturated rings. The molecule has 21 heavy (non-hydrogen) atoms. The normalized spacial score (nSPS) is 10.3. The number of methoxy groups -OCH3 is 2. The number of nitrogens with zero attached hydrogens (tertiary/aromatic N) is 3. The summed E-state index contributed by atoms with van der Waals surface area (Å²) in [6.07, 6.45) is 0. The van der Waals surface area contributed by atoms with Crippen molar-refractivity contribution in [2.24, 2.45) is 0 Å². The van der Waals surface area contributed by atoms with Crippen molar-refractivity contribution < 1.29 is 23.5 Å². The molecule has 0 spiro atoms. The highest BCUT2D eigenvalue weighted by atomic mass is 35.5. The van der Waals surface area contributed by atoms with Crippen LogP contribution in [0.1, 0.15) is 21.0 Å². The topological polar surface area (TPSA) is 83.3 Å². The van der Waals surface area contributed by atoms with Crippen LogP contribution in [0.15, 0.2) is 18.2 Å². The fourth-order valence-corrected chi connectivity index (χ4v) is 1.77. The first kappa shape index (κ1) is 14.9. The van der Waals surface area contributed by atoms with Crippen LogP contribution >= 0.6 is 11.6 Å². The molecule has 7 nitrogen and oxygen atoms in total. The van der Waals surface area contributed by atoms with Crippen molar-refractivity contribution in [3.05, 3.63) is 40.4 Å². The van der Waals surface area contributed by atoms with Crippen molar-refractivity contribution in [1.29, 1.82) is 0 Å². The maximum absolute atomic E-state index is 13.2. The molecule has 0 atom stereocenters. The van der Waals surface area contributed by atoms with E-state index in [0.717, 1.165) is 25.0 Å². The molecule has 0 unspecified atom stereocenters. The van der Waals surface area contributed by atoms with Crippen LogP contribution in [0.25, 0.3) is 5.69 Å². The van der Waals surface area contributed by atoms with Crippen LogP contribution in [0, 0.1) is 5.82 Å². The number of aromatic nitrogens is 3. The van der Waals surface area contributed by atoms with Crippen LogP contribution in [-0.4, -0.2) is 41.2 Å². The van der Waals surface area contributed by atoms with Gasteiger partial charge in [-0.15, -0.1) is 5.10 Å². The Labute approximate surface area is 123 Å². The van der Waals surface area contributed by atoms with E-state index in [0.29, 0.717) is 0 Å². The van der Waals surface area contributed by atoms with Gasteiger partial charge in [0.2, 0.25) is 5.69 Å². The average molecular weight is 314 g/mol. The van der Waals surface area contributed by atoms with Crippen LogP contribution in [0.2, 0.25) is 5.02 Å². The second-order valence-corrected chi connectivity index (χ2v) is 4.19. The summed E-state index contributed by atoms with van der Waals surface area (Å²) in [7, 11) is 2.27. The summed E-state index contributed by atoms with van der Waals surface area (Å²) in [6.45, 7) is 0. The minimum Gasteiger partial charge on any atom is -0.464 e. The molecular formula is C12H9ClFN3O4. The van der Waals surface area contributed by atoms with Gasteiger partial charge in [0.1, 0.15) is 5.82 Å². The van der Waals surface area contributed by atoms with E-state index in [1.165, 1.54) is 12.1 Å². The van der Waals surface area contributed by atoms with Gasteiger partial charge in [0.15, 0.2) is 5.69 Å². The SMILES string of the molecule is COC(=O)c1nnn(-c2ccc(F)c(Cl)c2)c1C(=O)OC. The molecule has 110 valence electrons. The summed E-state index contributed by atoms with van der Waals surface area (Å²) >= 11 is 5.68. The number of carbonyl (C=O) groups excluding carboxylic acids is 2. The Morgan fingerprint density at radius 1 is 1.24 bits per heavy atom. The summed E-state index contributed by atoms with van der Waals surface area (Å²) in [5.41, 5.74) is -0.318. The fourth-order valence-electron chi connectivity index (χ4n) is 1.59. The lowest BCUT2D eigenvalue weighted by atomic mass is 10.2. The van der Waals surface area contributed by atoms with E-state index < -0.39 is 17.8 Å². The maximum Gasteiger partial charge on any atom is 0.361 e. The number of halogens is 2. The van der Waals surface area contributed by atoms with E-state index >= 15 is 0 Å². The average Bonchev–Trinajstić information content (AvgIpc) is 2.93. The van der Waals surface area contributed by atoms with Gasteiger partial charge in [-0.3, -0.25) is 0 Å². The molecule has 0 bridgehead atoms. The highest BCUT2D eigenvalue weighted by molar-refractivity contribution is 6.30. The molecule has 0 saturated heterocycles. The van der Waals surface area contributed by atoms with E-state index in [2.05, 4.69) is 19.8 Å². The predicted molar refractivity (Wildman–Crippen MR) is 69.0 cm³/mol. The van der Waals surface area contributed by atoms with Gasteiger partial charge in [0.05, 0.1) is 24.9 Å². The molecule has 0 amide bonds. The molecule has 0 aliphatic carbocycles. The standard InChI is InChI=1S/C12H9ClFN3O4/c1-20-11(18)9-10(12(19)21-2)17(16-15-9)6-3-4-8(14)7(13)5-6/h3-5H,1-2H3. The van der Waals surface area contributed by atoms with Gasteiger partial charge in [-0.2, -0.15) is 0 Å². The van der Waals surface area contributed by atoms with E-state index in [1.54, 1.807) is 0 Å². The molecular weight excluding hydrogens is 305 g/mol. The molecule has 1 aromatic carbocycles. The zero-order valence-corrected chi connectivity index (χ0v) is 11.7. The van der Waals surface area contributed by atoms with Gasteiger partial charge in [-0.1, -0.05) is 16.8 Å². The molecule has 0 aliphatic rings. The number of carbonyl (C=O) groups is 2. The fraction of sp³-hybridized carbons (Fsp3) is 0.167. The van der Waals surface area contributed by atoms with E-state index in [9.17, 15) is 14.0 Å². The molecule has 2 aromatic rings. The Kier molecular flexibility index (Phi) is 4.18. The van der Waals surface area contributed by atoms with Crippen molar-refractivity contribution in [2.45, 2.75) is 0 Å². The Bertz CT molecular complexity index is 717. The zero-order chi connectivity index (χ0) is 15.6. The van der Waals surface area contributed by atoms with E-state index in [-0.39, 0.29) is 22.1 Å². The Morgan fingerprint density at radius 3 is 2.48 bits per heavy atom. The molecule has 0 N–H and O–H groups in total. The molecule has 0 saturated carbocycles. The number of ether oxygens (including phenoxy) is 2. The molecule has 1 aromatic heterocycles. The highest BCUT2D eigenvalue weighted by Crippen LogP contribution is 2.21. The Balaban J connectivity index is 2.63. The predicted octanol–water partition coefficient (Wildman–Crippen LogP) is 1.63. The first-order chi connectivity index (χ1) is 9.99. The summed E-state index contributed by atoms with van der Waals surface area (Å²) in [4.78, 5) is 23.4. The van der Waals surface area contributed by atoms with Crippen LogP contribution in [0.3, 0.4) is 0 Å². The van der Waals surface area contributed by atoms with Crippen LogP contribution < -0.4 is 0 Å². The summed E-state index contributed by atoms with van der Waals surface area (Å²) < 4.78 is 23.3. The van der Waals surface area contributed by atoms with Gasteiger partial charge in [-0.25, -0.2) is 18.7 Å². The maximum atomic E-state index is 13.2. The quantitative estimate of drug-likeness (QED) is 0.801. The lowest BCUT2D eigenvalue weighted by Crippen LogP contribution is -2.15. The minimum atomic E-state index is -0.852. The van der Waals surface area contributed by atoms with Crippen molar-refractivity contribution in [3.63, 3.8) is 0 Å². The third-order valence-corrected chi connectivity index (χ3v) is 2.87. The number of benzene rings is 1. The van der Waals surface area contributed by atoms with Crippen molar-refractivity contribution >= 4 is 23.5 Å². The lowest BCUT2D eigenvalue weighted by Gasteiger charge is -2.06. The van der Waals surface area contributed by atoms with Gasteiger partial charge >= 0.3 is 11.9 Å². The number of rotatable bonds is 3. The van der Waals surface area contributed by atoms with Crippen molar-refractivity contribution in [1.82, 2.24) is 15.0 Å². The smallest absolute Gasteiger partial charge is 0.361 e. The first-order valence-electron chi connectivity index (χ1n) is 5.57. The molecule has 0 aliphatic heterocycles. The Hall–Kier alpha value is -2.48. The van der Waals surface area contributed by atoms with Gasteiger partial charge in [0, 0.05) is 0 Å². The molecule has 9 heteroatoms. The lowest BCUT2D eigenvalue weighted by molar-refractivity contribution is 0.0546. The number of hydrogen-bond donors (Lipinski definition) is 0. The number of hydrogen-bond acceptors (Lipinski definition) is 6. The van der Waals surface area contributed by atoms with E-state index in [1.807, 2.05) is 0 Å². The van der Waals surface area contributed by atoms with E-state index in [4.69, 9.17) is 11.6 Å². The second kappa shape index (κ2) is 5.88. The second-order valence-electron chi connectivity index (χ2n) is 3.78. The minimum absolute atomic E-state index is 0.168. The largest absolute Gasteiger partial charge is 0.464 e. The first-order valence-corrected chi connectivity index (χ1v) is 5.95. The third-order valence-electron chi connectivity index (χ3n) is 2.58. The summed E-state index contributed by atoms with van der Waals surface area (Å²) in [5, 5.41) is 7.10. The Morgan fingerprint density at radius 2 is 1.90 bits per heavy atom. The summed E-state index contributed by atoms with van der Waals surface area (Å²) in [6, 6.07) is 3.65. The summed E-state index contributed by atoms with van der Waals surface area (Å²) in [5.74, 6) is -2.33. The van der Waals surface area contributed by atoms with Crippen LogP contribution in [0.4, 0.5) is 4.39 Å². The van der Waals surface area contributed by atoms with Gasteiger partial charge < -0.3 is 9.47 Å². The van der Waals surface area contributed by atoms with Crippen LogP contribution in [0.5, 0.6) is 0 Å². The van der Waals surface area contributed by atoms with Crippen molar-refractivity contribution in [3.8, 4) is 5.69 Å². The molecule has 2 rings (SSSR count). The molecule has 1 heterocycles. The van der Waals surface area contributed by atoms with Gasteiger partial charge in [-0.05, 0) is 18.2 Å². The third kappa shape index (κ3) is 2.70. The zero-order valence-electron chi connectivity index (χ0n) is 11.0. The highest BCUT2D eigenvalue weighted by Gasteiger charge is 2.27. The van der Waals surface area contributed by atoms with Gasteiger partial charge in [0.25, 0.3) is 0 Å². The monoisotopic (exact) mass is 313 g/mol. The molecule has 0 radical (unpaired) electrons. The number of esters is 2. The van der Waals surface area contributed by atoms with Crippen molar-refractivity contribution in [2.75, 3.05) is 14.2 Å².